The van der Waals surface area contributed by atoms with Gasteiger partial charge >= 0.3 is 0 Å². The summed E-state index contributed by atoms with van der Waals surface area (Å²) in [6, 6.07) is 0. The number of anilines is 2. The van der Waals surface area contributed by atoms with Crippen molar-refractivity contribution in [2.45, 2.75) is 58.3 Å². The van der Waals surface area contributed by atoms with E-state index in [0.717, 1.165) is 82.5 Å². The van der Waals surface area contributed by atoms with Gasteiger partial charge in [0.2, 0.25) is 11.9 Å². The molecule has 4 heterocycles. The second-order valence-corrected chi connectivity index (χ2v) is 8.91. The summed E-state index contributed by atoms with van der Waals surface area (Å²) in [7, 11) is 0. The molecule has 3 aliphatic heterocycles. The van der Waals surface area contributed by atoms with Crippen LogP contribution in [0.25, 0.3) is 0 Å². The van der Waals surface area contributed by atoms with E-state index in [9.17, 15) is 4.79 Å². The summed E-state index contributed by atoms with van der Waals surface area (Å²) >= 11 is 0. The van der Waals surface area contributed by atoms with Crippen LogP contribution in [-0.2, 0) is 4.79 Å². The van der Waals surface area contributed by atoms with Gasteiger partial charge in [-0.25, -0.2) is 9.97 Å². The van der Waals surface area contributed by atoms with Gasteiger partial charge < -0.3 is 14.7 Å². The molecular formula is C22H35N5O. The molecular weight excluding hydrogens is 350 g/mol. The number of piperidine rings is 2. The number of amides is 1. The SMILES string of the molecule is CC1CCN(C(=O)C2CCN(c3cnc(N4CCCCCC4)nc3)CC2)CC1. The smallest absolute Gasteiger partial charge is 0.225 e. The predicted molar refractivity (Wildman–Crippen MR) is 113 cm³/mol. The monoisotopic (exact) mass is 385 g/mol. The van der Waals surface area contributed by atoms with Crippen LogP contribution in [0.15, 0.2) is 12.4 Å². The number of nitrogens with zero attached hydrogens (tertiary/aromatic N) is 5. The summed E-state index contributed by atoms with van der Waals surface area (Å²) in [4.78, 5) is 28.9. The molecule has 28 heavy (non-hydrogen) atoms. The van der Waals surface area contributed by atoms with Gasteiger partial charge in [0, 0.05) is 45.2 Å². The number of likely N-dealkylation sites (tertiary alicyclic amines) is 1. The van der Waals surface area contributed by atoms with Crippen molar-refractivity contribution in [2.75, 3.05) is 49.1 Å². The summed E-state index contributed by atoms with van der Waals surface area (Å²) in [5, 5.41) is 0. The van der Waals surface area contributed by atoms with Crippen molar-refractivity contribution in [1.29, 1.82) is 0 Å². The highest BCUT2D eigenvalue weighted by atomic mass is 16.2. The molecule has 1 aromatic heterocycles. The van der Waals surface area contributed by atoms with Crippen LogP contribution in [0.3, 0.4) is 0 Å². The van der Waals surface area contributed by atoms with Gasteiger partial charge in [-0.05, 0) is 44.4 Å². The molecule has 0 bridgehead atoms. The normalized spacial score (nSPS) is 23.0. The second-order valence-electron chi connectivity index (χ2n) is 8.91. The zero-order valence-corrected chi connectivity index (χ0v) is 17.4. The number of carbonyl (C=O) groups excluding carboxylic acids is 1. The largest absolute Gasteiger partial charge is 0.369 e. The zero-order chi connectivity index (χ0) is 19.3. The number of carbonyl (C=O) groups is 1. The van der Waals surface area contributed by atoms with Crippen LogP contribution < -0.4 is 9.80 Å². The van der Waals surface area contributed by atoms with Gasteiger partial charge in [0.05, 0.1) is 18.1 Å². The fourth-order valence-electron chi connectivity index (χ4n) is 4.78. The molecule has 154 valence electrons. The van der Waals surface area contributed by atoms with Crippen LogP contribution in [0.5, 0.6) is 0 Å². The molecule has 0 unspecified atom stereocenters. The van der Waals surface area contributed by atoms with Crippen LogP contribution in [-0.4, -0.2) is 60.0 Å². The Morgan fingerprint density at radius 3 is 2.04 bits per heavy atom. The molecule has 0 saturated carbocycles. The summed E-state index contributed by atoms with van der Waals surface area (Å²) in [6.07, 6.45) is 13.3. The lowest BCUT2D eigenvalue weighted by Gasteiger charge is -2.37. The third kappa shape index (κ3) is 4.58. The fraction of sp³-hybridized carbons (Fsp3) is 0.773. The van der Waals surface area contributed by atoms with Crippen molar-refractivity contribution >= 4 is 17.5 Å². The quantitative estimate of drug-likeness (QED) is 0.799. The first-order valence-corrected chi connectivity index (χ1v) is 11.3. The van der Waals surface area contributed by atoms with Crippen LogP contribution in [0, 0.1) is 11.8 Å². The molecule has 0 N–H and O–H groups in total. The topological polar surface area (TPSA) is 52.6 Å². The van der Waals surface area contributed by atoms with Gasteiger partial charge in [0.1, 0.15) is 0 Å². The highest BCUT2D eigenvalue weighted by molar-refractivity contribution is 5.79. The zero-order valence-electron chi connectivity index (χ0n) is 17.4. The highest BCUT2D eigenvalue weighted by Crippen LogP contribution is 2.26. The first kappa shape index (κ1) is 19.5. The molecule has 0 radical (unpaired) electrons. The minimum atomic E-state index is 0.196. The lowest BCUT2D eigenvalue weighted by molar-refractivity contribution is -0.137. The van der Waals surface area contributed by atoms with Crippen LogP contribution >= 0.6 is 0 Å². The van der Waals surface area contributed by atoms with E-state index in [-0.39, 0.29) is 5.92 Å². The third-order valence-corrected chi connectivity index (χ3v) is 6.82. The van der Waals surface area contributed by atoms with E-state index in [4.69, 9.17) is 0 Å². The molecule has 4 rings (SSSR count). The first-order valence-electron chi connectivity index (χ1n) is 11.3. The maximum Gasteiger partial charge on any atom is 0.225 e. The summed E-state index contributed by atoms with van der Waals surface area (Å²) in [5.41, 5.74) is 1.09. The minimum absolute atomic E-state index is 0.196. The van der Waals surface area contributed by atoms with E-state index >= 15 is 0 Å². The molecule has 0 aromatic carbocycles. The number of hydrogen-bond donors (Lipinski definition) is 0. The third-order valence-electron chi connectivity index (χ3n) is 6.82. The Morgan fingerprint density at radius 1 is 0.821 bits per heavy atom. The second kappa shape index (κ2) is 9.10. The molecule has 0 aliphatic carbocycles. The minimum Gasteiger partial charge on any atom is -0.369 e. The molecule has 6 nitrogen and oxygen atoms in total. The molecule has 1 aromatic rings. The molecule has 0 spiro atoms. The van der Waals surface area contributed by atoms with Crippen molar-refractivity contribution in [3.63, 3.8) is 0 Å². The molecule has 3 aliphatic rings. The molecule has 3 saturated heterocycles. The van der Waals surface area contributed by atoms with E-state index in [2.05, 4.69) is 31.6 Å². The molecule has 1 amide bonds. The van der Waals surface area contributed by atoms with E-state index in [1.807, 2.05) is 12.4 Å². The maximum atomic E-state index is 12.8. The predicted octanol–water partition coefficient (Wildman–Crippen LogP) is 3.33. The van der Waals surface area contributed by atoms with Gasteiger partial charge in [-0.3, -0.25) is 4.79 Å². The van der Waals surface area contributed by atoms with Crippen molar-refractivity contribution in [3.8, 4) is 0 Å². The maximum absolute atomic E-state index is 12.8. The van der Waals surface area contributed by atoms with Gasteiger partial charge in [-0.15, -0.1) is 0 Å². The Labute approximate surface area is 169 Å². The van der Waals surface area contributed by atoms with E-state index in [1.54, 1.807) is 0 Å². The average molecular weight is 386 g/mol. The Balaban J connectivity index is 1.29. The number of rotatable bonds is 3. The van der Waals surface area contributed by atoms with Crippen LogP contribution in [0.2, 0.25) is 0 Å². The summed E-state index contributed by atoms with van der Waals surface area (Å²) in [5.74, 6) is 2.22. The van der Waals surface area contributed by atoms with Gasteiger partial charge in [0.15, 0.2) is 0 Å². The van der Waals surface area contributed by atoms with E-state index in [0.29, 0.717) is 5.91 Å². The van der Waals surface area contributed by atoms with Crippen molar-refractivity contribution < 1.29 is 4.79 Å². The Hall–Kier alpha value is -1.85. The number of hydrogen-bond acceptors (Lipinski definition) is 5. The Bertz CT molecular complexity index is 625. The van der Waals surface area contributed by atoms with Crippen LogP contribution in [0.4, 0.5) is 11.6 Å². The lowest BCUT2D eigenvalue weighted by Crippen LogP contribution is -2.45. The van der Waals surface area contributed by atoms with E-state index < -0.39 is 0 Å². The number of aromatic nitrogens is 2. The van der Waals surface area contributed by atoms with Crippen LogP contribution in [0.1, 0.15) is 58.3 Å². The van der Waals surface area contributed by atoms with Crippen molar-refractivity contribution in [1.82, 2.24) is 14.9 Å². The Morgan fingerprint density at radius 2 is 1.43 bits per heavy atom. The van der Waals surface area contributed by atoms with Crippen molar-refractivity contribution in [2.24, 2.45) is 11.8 Å². The van der Waals surface area contributed by atoms with E-state index in [1.165, 1.54) is 25.7 Å². The molecule has 3 fully saturated rings. The standard InChI is InChI=1S/C22H35N5O/c1-18-6-12-26(13-7-18)21(28)19-8-14-25(15-9-19)20-16-23-22(24-17-20)27-10-4-2-3-5-11-27/h16-19H,2-15H2,1H3. The molecule has 6 heteroatoms. The fourth-order valence-corrected chi connectivity index (χ4v) is 4.78. The highest BCUT2D eigenvalue weighted by Gasteiger charge is 2.30. The molecule has 0 atom stereocenters. The summed E-state index contributed by atoms with van der Waals surface area (Å²) < 4.78 is 0. The first-order chi connectivity index (χ1) is 13.7. The van der Waals surface area contributed by atoms with Gasteiger partial charge in [-0.2, -0.15) is 0 Å². The van der Waals surface area contributed by atoms with Gasteiger partial charge in [-0.1, -0.05) is 19.8 Å². The summed E-state index contributed by atoms with van der Waals surface area (Å²) in [6.45, 7) is 8.18. The van der Waals surface area contributed by atoms with Gasteiger partial charge in [0.25, 0.3) is 0 Å². The van der Waals surface area contributed by atoms with Crippen molar-refractivity contribution in [3.05, 3.63) is 12.4 Å². The average Bonchev–Trinajstić information content (AvgIpc) is 3.04. The Kier molecular flexibility index (Phi) is 6.33. The lowest BCUT2D eigenvalue weighted by atomic mass is 9.92.